The number of halogens is 7. The molecule has 0 unspecified atom stereocenters. The van der Waals surface area contributed by atoms with Crippen molar-refractivity contribution in [1.82, 2.24) is 0 Å². The summed E-state index contributed by atoms with van der Waals surface area (Å²) in [7, 11) is -10.7. The third-order valence-electron chi connectivity index (χ3n) is 2.51. The van der Waals surface area contributed by atoms with Gasteiger partial charge in [0.25, 0.3) is 0 Å². The van der Waals surface area contributed by atoms with Gasteiger partial charge < -0.3 is 0 Å². The van der Waals surface area contributed by atoms with E-state index < -0.39 is 7.81 Å². The maximum atomic E-state index is 9.87. The first-order chi connectivity index (χ1) is 10.7. The fraction of sp³-hybridized carbons (Fsp3) is 0.250. The van der Waals surface area contributed by atoms with Gasteiger partial charge in [-0.15, -0.1) is 0 Å². The van der Waals surface area contributed by atoms with Gasteiger partial charge in [-0.05, 0) is 42.2 Å². The minimum atomic E-state index is -10.7. The van der Waals surface area contributed by atoms with Gasteiger partial charge in [0, 0.05) is 0 Å². The van der Waals surface area contributed by atoms with Crippen LogP contribution in [0.1, 0.15) is 19.4 Å². The molecule has 2 aromatic carbocycles. The second kappa shape index (κ2) is 7.20. The van der Waals surface area contributed by atoms with Crippen molar-refractivity contribution < 1.29 is 46.4 Å². The molecule has 0 saturated carbocycles. The molecule has 0 aromatic heterocycles. The summed E-state index contributed by atoms with van der Waals surface area (Å²) in [5.41, 5.74) is 1.46. The Labute approximate surface area is 147 Å². The number of hydrogen-bond donors (Lipinski definition) is 0. The topological polar surface area (TPSA) is 0 Å². The first-order valence-electron chi connectivity index (χ1n) is 7.04. The summed E-state index contributed by atoms with van der Waals surface area (Å²) < 4.78 is 62.2. The van der Waals surface area contributed by atoms with Gasteiger partial charge in [0.1, 0.15) is 0 Å². The van der Waals surface area contributed by atoms with Gasteiger partial charge >= 0.3 is 54.2 Å². The maximum absolute atomic E-state index is 10.7. The second-order valence-electron chi connectivity index (χ2n) is 5.57. The van der Waals surface area contributed by atoms with E-state index >= 15 is 0 Å². The summed E-state index contributed by atoms with van der Waals surface area (Å²) in [6.07, 6.45) is 1.18. The number of rotatable bonds is 4. The molecule has 0 aliphatic heterocycles. The van der Waals surface area contributed by atoms with E-state index in [4.69, 9.17) is 0 Å². The Bertz CT molecular complexity index is 624. The Kier molecular flexibility index (Phi) is 6.36. The molecule has 0 saturated heterocycles. The van der Waals surface area contributed by atoms with Gasteiger partial charge in [-0.3, -0.25) is 0 Å². The van der Waals surface area contributed by atoms with Gasteiger partial charge in [0.2, 0.25) is 0 Å². The zero-order valence-corrected chi connectivity index (χ0v) is 16.1. The molecule has 0 nitrogen and oxygen atoms in total. The zero-order valence-electron chi connectivity index (χ0n) is 13.1. The molecular weight excluding hydrogens is 464 g/mol. The number of benzene rings is 2. The van der Waals surface area contributed by atoms with Crippen LogP contribution in [0.5, 0.6) is 0 Å². The Morgan fingerprint density at radius 2 is 1.17 bits per heavy atom. The minimum absolute atomic E-state index is 0.00515. The summed E-state index contributed by atoms with van der Waals surface area (Å²) in [6.45, 7) is 4.54. The van der Waals surface area contributed by atoms with Crippen LogP contribution in [-0.2, 0) is 6.42 Å². The molecular formula is C16H18F6IP. The van der Waals surface area contributed by atoms with Crippen LogP contribution in [0.15, 0.2) is 54.6 Å². The van der Waals surface area contributed by atoms with Crippen molar-refractivity contribution in [3.8, 4) is 0 Å². The molecule has 136 valence electrons. The summed E-state index contributed by atoms with van der Waals surface area (Å²) in [5.74, 6) is 0.740. The number of hydrogen-bond acceptors (Lipinski definition) is 0. The van der Waals surface area contributed by atoms with Crippen LogP contribution in [0.2, 0.25) is 0 Å². The van der Waals surface area contributed by atoms with Gasteiger partial charge in [0.15, 0.2) is 7.14 Å². The van der Waals surface area contributed by atoms with Crippen molar-refractivity contribution in [2.75, 3.05) is 0 Å². The van der Waals surface area contributed by atoms with E-state index in [2.05, 4.69) is 68.4 Å². The average Bonchev–Trinajstić information content (AvgIpc) is 2.38. The SMILES string of the molecule is CC(C)Cc1ccc([I+]c2ccccc2)cc1.F[P-](F)(F)(F)(F)F. The molecule has 0 fully saturated rings. The third-order valence-corrected chi connectivity index (χ3v) is 5.19. The fourth-order valence-electron chi connectivity index (χ4n) is 1.76. The third kappa shape index (κ3) is 13.6. The quantitative estimate of drug-likeness (QED) is 0.345. The first-order valence-corrected chi connectivity index (χ1v) is 11.2. The molecule has 0 aliphatic rings. The van der Waals surface area contributed by atoms with Gasteiger partial charge in [-0.2, -0.15) is 0 Å². The first kappa shape index (κ1) is 21.2. The summed E-state index contributed by atoms with van der Waals surface area (Å²) in [5, 5.41) is 0. The van der Waals surface area contributed by atoms with Crippen molar-refractivity contribution in [2.24, 2.45) is 5.92 Å². The molecule has 0 atom stereocenters. The fourth-order valence-corrected chi connectivity index (χ4v) is 3.97. The molecule has 0 spiro atoms. The molecule has 0 N–H and O–H groups in total. The summed E-state index contributed by atoms with van der Waals surface area (Å²) in [6, 6.07) is 20.0. The predicted octanol–water partition coefficient (Wildman–Crippen LogP) is 4.40. The standard InChI is InChI=1S/C16H18I.F6P/c1-13(2)12-14-8-10-16(11-9-14)17-15-6-4-3-5-7-15;1-7(2,3,4,5)6/h3-11,13H,12H2,1-2H3;/q+1;-1. The van der Waals surface area contributed by atoms with Crippen LogP contribution in [-0.4, -0.2) is 0 Å². The van der Waals surface area contributed by atoms with E-state index in [0.717, 1.165) is 5.92 Å². The van der Waals surface area contributed by atoms with Crippen molar-refractivity contribution in [2.45, 2.75) is 20.3 Å². The predicted molar refractivity (Wildman–Crippen MR) is 82.4 cm³/mol. The molecule has 0 bridgehead atoms. The monoisotopic (exact) mass is 482 g/mol. The van der Waals surface area contributed by atoms with Crippen LogP contribution < -0.4 is 21.2 Å². The van der Waals surface area contributed by atoms with Crippen LogP contribution in [0, 0.1) is 13.1 Å². The van der Waals surface area contributed by atoms with E-state index in [0.29, 0.717) is 0 Å². The van der Waals surface area contributed by atoms with Crippen molar-refractivity contribution in [3.63, 3.8) is 0 Å². The van der Waals surface area contributed by atoms with Crippen LogP contribution in [0.3, 0.4) is 0 Å². The van der Waals surface area contributed by atoms with E-state index in [-0.39, 0.29) is 21.2 Å². The molecule has 0 heterocycles. The average molecular weight is 482 g/mol. The van der Waals surface area contributed by atoms with E-state index in [9.17, 15) is 25.2 Å². The van der Waals surface area contributed by atoms with Gasteiger partial charge in [-0.25, -0.2) is 0 Å². The van der Waals surface area contributed by atoms with E-state index in [1.54, 1.807) is 0 Å². The Balaban J connectivity index is 0.000000351. The molecule has 2 aromatic rings. The Hall–Kier alpha value is -0.820. The van der Waals surface area contributed by atoms with Gasteiger partial charge in [-0.1, -0.05) is 44.2 Å². The van der Waals surface area contributed by atoms with Crippen molar-refractivity contribution in [3.05, 3.63) is 67.3 Å². The van der Waals surface area contributed by atoms with Crippen LogP contribution >= 0.6 is 7.81 Å². The molecule has 0 amide bonds. The molecule has 0 radical (unpaired) electrons. The second-order valence-corrected chi connectivity index (χ2v) is 10.5. The zero-order chi connectivity index (χ0) is 18.5. The molecule has 2 rings (SSSR count). The van der Waals surface area contributed by atoms with E-state index in [1.807, 2.05) is 0 Å². The Morgan fingerprint density at radius 1 is 0.750 bits per heavy atom. The van der Waals surface area contributed by atoms with Crippen LogP contribution in [0.25, 0.3) is 0 Å². The molecule has 24 heavy (non-hydrogen) atoms. The summed E-state index contributed by atoms with van der Waals surface area (Å²) in [4.78, 5) is 0. The van der Waals surface area contributed by atoms with Crippen LogP contribution in [0.4, 0.5) is 25.2 Å². The molecule has 0 aliphatic carbocycles. The summed E-state index contributed by atoms with van der Waals surface area (Å²) >= 11 is -0.00515. The molecule has 8 heteroatoms. The van der Waals surface area contributed by atoms with E-state index in [1.165, 1.54) is 19.1 Å². The van der Waals surface area contributed by atoms with Gasteiger partial charge in [0.05, 0.1) is 0 Å². The van der Waals surface area contributed by atoms with Crippen molar-refractivity contribution in [1.29, 1.82) is 0 Å². The van der Waals surface area contributed by atoms with Crippen molar-refractivity contribution >= 4 is 7.81 Å². The normalized spacial score (nSPS) is 14.4. The Morgan fingerprint density at radius 3 is 1.58 bits per heavy atom.